The van der Waals surface area contributed by atoms with Crippen molar-refractivity contribution in [2.24, 2.45) is 4.99 Å². The van der Waals surface area contributed by atoms with Gasteiger partial charge < -0.3 is 5.11 Å². The second-order valence-corrected chi connectivity index (χ2v) is 4.33. The normalized spacial score (nSPS) is 11.4. The molecule has 19 heavy (non-hydrogen) atoms. The highest BCUT2D eigenvalue weighted by Gasteiger charge is 2.00. The Morgan fingerprint density at radius 1 is 1.21 bits per heavy atom. The lowest BCUT2D eigenvalue weighted by molar-refractivity contribution is 0.474. The average Bonchev–Trinajstić information content (AvgIpc) is 2.87. The lowest BCUT2D eigenvalue weighted by Crippen LogP contribution is -2.02. The van der Waals surface area contributed by atoms with E-state index in [1.54, 1.807) is 12.3 Å². The van der Waals surface area contributed by atoms with Gasteiger partial charge in [-0.25, -0.2) is 0 Å². The molecule has 1 aromatic heterocycles. The predicted molar refractivity (Wildman–Crippen MR) is 77.4 cm³/mol. The van der Waals surface area contributed by atoms with Gasteiger partial charge in [0.1, 0.15) is 19.1 Å². The summed E-state index contributed by atoms with van der Waals surface area (Å²) in [4.78, 5) is 4.34. The molecule has 0 saturated heterocycles. The van der Waals surface area contributed by atoms with Crippen molar-refractivity contribution < 1.29 is 5.11 Å². The Morgan fingerprint density at radius 3 is 3.00 bits per heavy atom. The van der Waals surface area contributed by atoms with Crippen LogP contribution in [0.1, 0.15) is 5.56 Å². The molecule has 5 nitrogen and oxygen atoms in total. The summed E-state index contributed by atoms with van der Waals surface area (Å²) in [7, 11) is 1.97. The maximum Gasteiger partial charge on any atom is 0.139 e. The summed E-state index contributed by atoms with van der Waals surface area (Å²) in [5.41, 5.74) is 4.18. The molecule has 0 aliphatic rings. The Kier molecular flexibility index (Phi) is 2.76. The highest BCUT2D eigenvalue weighted by atomic mass is 16.3. The van der Waals surface area contributed by atoms with Crippen LogP contribution in [0.5, 0.6) is 5.75 Å². The Labute approximate surface area is 110 Å². The quantitative estimate of drug-likeness (QED) is 0.518. The molecule has 0 aliphatic heterocycles. The van der Waals surface area contributed by atoms with Gasteiger partial charge in [0.2, 0.25) is 0 Å². The summed E-state index contributed by atoms with van der Waals surface area (Å²) in [5, 5.41) is 20.2. The van der Waals surface area contributed by atoms with Crippen LogP contribution in [-0.4, -0.2) is 34.6 Å². The van der Waals surface area contributed by atoms with E-state index < -0.39 is 0 Å². The van der Waals surface area contributed by atoms with Gasteiger partial charge in [-0.3, -0.25) is 10.1 Å². The molecule has 0 radical (unpaired) electrons. The van der Waals surface area contributed by atoms with Gasteiger partial charge >= 0.3 is 0 Å². The molecule has 0 fully saturated rings. The van der Waals surface area contributed by atoms with Gasteiger partial charge in [-0.2, -0.15) is 0 Å². The van der Waals surface area contributed by atoms with E-state index in [0.29, 0.717) is 5.56 Å². The number of hydrogen-bond acceptors (Lipinski definition) is 4. The van der Waals surface area contributed by atoms with Crippen LogP contribution in [0.2, 0.25) is 0 Å². The zero-order valence-electron chi connectivity index (χ0n) is 10.3. The van der Waals surface area contributed by atoms with Crippen LogP contribution in [0.25, 0.3) is 11.0 Å². The predicted octanol–water partition coefficient (Wildman–Crippen LogP) is 0.672. The van der Waals surface area contributed by atoms with E-state index in [-0.39, 0.29) is 5.75 Å². The zero-order chi connectivity index (χ0) is 13.2. The fourth-order valence-corrected chi connectivity index (χ4v) is 1.83. The molecule has 0 aliphatic carbocycles. The first kappa shape index (κ1) is 11.5. The Morgan fingerprint density at radius 2 is 2.11 bits per heavy atom. The molecule has 0 bridgehead atoms. The Bertz CT molecular complexity index is 766. The molecule has 0 saturated carbocycles. The molecule has 6 heteroatoms. The lowest BCUT2D eigenvalue weighted by atomic mass is 9.94. The molecular formula is C13H11BN4O. The van der Waals surface area contributed by atoms with Crippen LogP contribution < -0.4 is 5.46 Å². The first-order valence-electron chi connectivity index (χ1n) is 5.87. The molecule has 3 aromatic rings. The smallest absolute Gasteiger partial charge is 0.139 e. The van der Waals surface area contributed by atoms with E-state index in [9.17, 15) is 5.11 Å². The van der Waals surface area contributed by atoms with Crippen molar-refractivity contribution in [3.05, 3.63) is 42.0 Å². The number of aliphatic imine (C=N–C) groups is 1. The minimum absolute atomic E-state index is 0.219. The van der Waals surface area contributed by atoms with Crippen LogP contribution >= 0.6 is 0 Å². The number of fused-ring (bicyclic) bond motifs is 1. The number of phenols is 1. The summed E-state index contributed by atoms with van der Waals surface area (Å²) in [6, 6.07) is 11.0. The molecule has 3 rings (SSSR count). The number of rotatable bonds is 2. The number of aromatic amines is 1. The third kappa shape index (κ3) is 2.33. The molecule has 2 aromatic carbocycles. The van der Waals surface area contributed by atoms with E-state index in [1.165, 1.54) is 0 Å². The van der Waals surface area contributed by atoms with E-state index in [1.807, 2.05) is 38.2 Å². The van der Waals surface area contributed by atoms with Gasteiger partial charge in [0.05, 0.1) is 11.2 Å². The zero-order valence-corrected chi connectivity index (χ0v) is 10.3. The van der Waals surface area contributed by atoms with Crippen molar-refractivity contribution in [3.63, 3.8) is 0 Å². The number of hydrogen-bond donors (Lipinski definition) is 2. The SMILES string of the molecule is Bc1ccc(O)c(/C=N/c2ccc3[nH]nnc3c2)c1. The molecule has 1 heterocycles. The van der Waals surface area contributed by atoms with Crippen LogP contribution in [0.3, 0.4) is 0 Å². The number of nitrogens with zero attached hydrogens (tertiary/aromatic N) is 3. The third-order valence-electron chi connectivity index (χ3n) is 2.85. The number of H-pyrrole nitrogens is 1. The van der Waals surface area contributed by atoms with Gasteiger partial charge in [0, 0.05) is 11.8 Å². The molecular weight excluding hydrogens is 239 g/mol. The molecule has 0 spiro atoms. The fraction of sp³-hybridized carbons (Fsp3) is 0. The molecule has 92 valence electrons. The van der Waals surface area contributed by atoms with Crippen LogP contribution in [0, 0.1) is 0 Å². The number of nitrogens with one attached hydrogen (secondary N) is 1. The summed E-state index contributed by atoms with van der Waals surface area (Å²) >= 11 is 0. The van der Waals surface area contributed by atoms with Gasteiger partial charge in [0.25, 0.3) is 0 Å². The van der Waals surface area contributed by atoms with Crippen LogP contribution in [-0.2, 0) is 0 Å². The van der Waals surface area contributed by atoms with E-state index >= 15 is 0 Å². The third-order valence-corrected chi connectivity index (χ3v) is 2.85. The van der Waals surface area contributed by atoms with E-state index in [4.69, 9.17) is 0 Å². The monoisotopic (exact) mass is 250 g/mol. The molecule has 0 atom stereocenters. The largest absolute Gasteiger partial charge is 0.507 e. The molecule has 2 N–H and O–H groups in total. The first-order valence-corrected chi connectivity index (χ1v) is 5.87. The second-order valence-electron chi connectivity index (χ2n) is 4.33. The lowest BCUT2D eigenvalue weighted by Gasteiger charge is -2.00. The van der Waals surface area contributed by atoms with Crippen LogP contribution in [0.4, 0.5) is 5.69 Å². The van der Waals surface area contributed by atoms with Crippen molar-refractivity contribution in [1.29, 1.82) is 0 Å². The number of phenolic OH excluding ortho intramolecular Hbond substituents is 1. The fourth-order valence-electron chi connectivity index (χ4n) is 1.83. The van der Waals surface area contributed by atoms with Gasteiger partial charge in [-0.05, 0) is 24.3 Å². The number of aromatic nitrogens is 3. The van der Waals surface area contributed by atoms with Gasteiger partial charge in [-0.15, -0.1) is 5.10 Å². The van der Waals surface area contributed by atoms with Crippen molar-refractivity contribution in [2.45, 2.75) is 0 Å². The summed E-state index contributed by atoms with van der Waals surface area (Å²) in [5.74, 6) is 0.219. The maximum absolute atomic E-state index is 9.73. The van der Waals surface area contributed by atoms with Crippen molar-refractivity contribution >= 4 is 36.2 Å². The van der Waals surface area contributed by atoms with Gasteiger partial charge in [-0.1, -0.05) is 22.8 Å². The van der Waals surface area contributed by atoms with Crippen molar-refractivity contribution in [3.8, 4) is 5.75 Å². The van der Waals surface area contributed by atoms with Crippen LogP contribution in [0.15, 0.2) is 41.4 Å². The Hall–Kier alpha value is -2.63. The summed E-state index contributed by atoms with van der Waals surface area (Å²) in [6.45, 7) is 0. The average molecular weight is 250 g/mol. The van der Waals surface area contributed by atoms with E-state index in [2.05, 4.69) is 20.4 Å². The van der Waals surface area contributed by atoms with Gasteiger partial charge in [0.15, 0.2) is 0 Å². The standard InChI is InChI=1S/C13H11BN4O/c14-9-1-4-13(19)8(5-9)7-15-10-2-3-11-12(6-10)17-18-16-11/h1-7,19H,14H2,(H,16,17,18)/b15-7+. The number of benzene rings is 2. The second kappa shape index (κ2) is 4.57. The van der Waals surface area contributed by atoms with Crippen molar-refractivity contribution in [1.82, 2.24) is 15.4 Å². The highest BCUT2D eigenvalue weighted by molar-refractivity contribution is 6.32. The maximum atomic E-state index is 9.73. The molecule has 0 amide bonds. The first-order chi connectivity index (χ1) is 9.22. The summed E-state index contributed by atoms with van der Waals surface area (Å²) in [6.07, 6.45) is 1.64. The minimum Gasteiger partial charge on any atom is -0.507 e. The topological polar surface area (TPSA) is 74.2 Å². The highest BCUT2D eigenvalue weighted by Crippen LogP contribution is 2.19. The van der Waals surface area contributed by atoms with Crippen molar-refractivity contribution in [2.75, 3.05) is 0 Å². The molecule has 0 unspecified atom stereocenters. The Balaban J connectivity index is 1.95. The number of aromatic hydroxyl groups is 1. The summed E-state index contributed by atoms with van der Waals surface area (Å²) < 4.78 is 0. The minimum atomic E-state index is 0.219. The van der Waals surface area contributed by atoms with E-state index in [0.717, 1.165) is 22.2 Å².